The third-order valence-corrected chi connectivity index (χ3v) is 3.06. The van der Waals surface area contributed by atoms with Gasteiger partial charge in [-0.15, -0.1) is 0 Å². The van der Waals surface area contributed by atoms with E-state index in [0.717, 1.165) is 12.1 Å². The van der Waals surface area contributed by atoms with Gasteiger partial charge in [0.25, 0.3) is 0 Å². The second-order valence-corrected chi connectivity index (χ2v) is 4.39. The monoisotopic (exact) mass is 278 g/mol. The van der Waals surface area contributed by atoms with Crippen LogP contribution in [0, 0.1) is 5.82 Å². The van der Waals surface area contributed by atoms with Gasteiger partial charge in [-0.1, -0.05) is 6.07 Å². The van der Waals surface area contributed by atoms with Crippen LogP contribution in [0.4, 0.5) is 23.2 Å². The van der Waals surface area contributed by atoms with Crippen LogP contribution in [0.25, 0.3) is 0 Å². The molecule has 2 rings (SSSR count). The Morgan fingerprint density at radius 2 is 1.84 bits per heavy atom. The summed E-state index contributed by atoms with van der Waals surface area (Å²) in [6.07, 6.45) is -7.44. The Kier molecular flexibility index (Phi) is 3.96. The first kappa shape index (κ1) is 14.1. The second-order valence-electron chi connectivity index (χ2n) is 4.39. The SMILES string of the molecule is OC(c1ccc(N2CCNCC2)c(F)c1)C(F)(F)F. The van der Waals surface area contributed by atoms with Gasteiger partial charge in [-0.05, 0) is 17.7 Å². The number of aliphatic hydroxyl groups is 1. The maximum atomic E-state index is 13.8. The Morgan fingerprint density at radius 1 is 1.21 bits per heavy atom. The lowest BCUT2D eigenvalue weighted by molar-refractivity contribution is -0.206. The van der Waals surface area contributed by atoms with Crippen molar-refractivity contribution in [1.29, 1.82) is 0 Å². The largest absolute Gasteiger partial charge is 0.418 e. The van der Waals surface area contributed by atoms with Crippen molar-refractivity contribution in [3.63, 3.8) is 0 Å². The molecule has 0 radical (unpaired) electrons. The topological polar surface area (TPSA) is 35.5 Å². The summed E-state index contributed by atoms with van der Waals surface area (Å²) in [5.41, 5.74) is -0.219. The molecule has 0 aliphatic carbocycles. The van der Waals surface area contributed by atoms with Gasteiger partial charge in [-0.2, -0.15) is 13.2 Å². The van der Waals surface area contributed by atoms with Crippen LogP contribution in [0.2, 0.25) is 0 Å². The number of alkyl halides is 3. The van der Waals surface area contributed by atoms with Gasteiger partial charge < -0.3 is 15.3 Å². The minimum Gasteiger partial charge on any atom is -0.379 e. The molecule has 1 heterocycles. The molecule has 1 saturated heterocycles. The number of benzene rings is 1. The quantitative estimate of drug-likeness (QED) is 0.810. The fourth-order valence-corrected chi connectivity index (χ4v) is 2.04. The standard InChI is InChI=1S/C12H14F4N2O/c13-9-7-8(11(19)12(14,15)16)1-2-10(9)18-5-3-17-4-6-18/h1-2,7,11,17,19H,3-6H2. The van der Waals surface area contributed by atoms with Crippen molar-refractivity contribution >= 4 is 5.69 Å². The van der Waals surface area contributed by atoms with Crippen LogP contribution in [0.3, 0.4) is 0 Å². The Bertz CT molecular complexity index is 444. The minimum absolute atomic E-state index is 0.264. The number of anilines is 1. The molecule has 1 aliphatic heterocycles. The first-order chi connectivity index (χ1) is 8.89. The molecule has 0 amide bonds. The number of halogens is 4. The van der Waals surface area contributed by atoms with Gasteiger partial charge in [0.15, 0.2) is 6.10 Å². The predicted octanol–water partition coefficient (Wildman–Crippen LogP) is 1.83. The van der Waals surface area contributed by atoms with E-state index >= 15 is 0 Å². The average Bonchev–Trinajstić information content (AvgIpc) is 2.37. The van der Waals surface area contributed by atoms with E-state index in [1.165, 1.54) is 6.07 Å². The van der Waals surface area contributed by atoms with E-state index in [2.05, 4.69) is 5.32 Å². The Morgan fingerprint density at radius 3 is 2.37 bits per heavy atom. The van der Waals surface area contributed by atoms with Gasteiger partial charge in [-0.25, -0.2) is 4.39 Å². The molecule has 1 unspecified atom stereocenters. The van der Waals surface area contributed by atoms with Crippen LogP contribution in [-0.2, 0) is 0 Å². The number of rotatable bonds is 2. The smallest absolute Gasteiger partial charge is 0.379 e. The molecular formula is C12H14F4N2O. The van der Waals surface area contributed by atoms with Crippen molar-refractivity contribution in [3.05, 3.63) is 29.6 Å². The maximum Gasteiger partial charge on any atom is 0.418 e. The van der Waals surface area contributed by atoms with Crippen LogP contribution in [0.15, 0.2) is 18.2 Å². The third kappa shape index (κ3) is 3.16. The van der Waals surface area contributed by atoms with E-state index < -0.39 is 23.7 Å². The van der Waals surface area contributed by atoms with Crippen molar-refractivity contribution in [3.8, 4) is 0 Å². The summed E-state index contributed by atoms with van der Waals surface area (Å²) in [5, 5.41) is 12.2. The third-order valence-electron chi connectivity index (χ3n) is 3.06. The molecule has 0 spiro atoms. The van der Waals surface area contributed by atoms with Gasteiger partial charge in [0.2, 0.25) is 0 Å². The van der Waals surface area contributed by atoms with Crippen molar-refractivity contribution in [2.45, 2.75) is 12.3 Å². The number of hydrogen-bond donors (Lipinski definition) is 2. The first-order valence-corrected chi connectivity index (χ1v) is 5.89. The van der Waals surface area contributed by atoms with E-state index in [4.69, 9.17) is 5.11 Å². The van der Waals surface area contributed by atoms with Gasteiger partial charge >= 0.3 is 6.18 Å². The fourth-order valence-electron chi connectivity index (χ4n) is 2.04. The van der Waals surface area contributed by atoms with E-state index in [1.54, 1.807) is 4.90 Å². The number of hydrogen-bond acceptors (Lipinski definition) is 3. The molecule has 0 saturated carbocycles. The first-order valence-electron chi connectivity index (χ1n) is 5.89. The van der Waals surface area contributed by atoms with E-state index in [9.17, 15) is 17.6 Å². The molecule has 1 aliphatic rings. The Balaban J connectivity index is 2.21. The van der Waals surface area contributed by atoms with E-state index in [0.29, 0.717) is 26.2 Å². The van der Waals surface area contributed by atoms with Crippen LogP contribution in [0.5, 0.6) is 0 Å². The summed E-state index contributed by atoms with van der Waals surface area (Å²) in [4.78, 5) is 1.76. The highest BCUT2D eigenvalue weighted by atomic mass is 19.4. The van der Waals surface area contributed by atoms with Crippen molar-refractivity contribution in [2.24, 2.45) is 0 Å². The maximum absolute atomic E-state index is 13.8. The van der Waals surface area contributed by atoms with Crippen LogP contribution in [-0.4, -0.2) is 37.5 Å². The van der Waals surface area contributed by atoms with Crippen LogP contribution in [0.1, 0.15) is 11.7 Å². The van der Waals surface area contributed by atoms with E-state index in [-0.39, 0.29) is 5.69 Å². The molecule has 1 aromatic rings. The zero-order chi connectivity index (χ0) is 14.0. The summed E-state index contributed by atoms with van der Waals surface area (Å²) < 4.78 is 50.8. The second kappa shape index (κ2) is 5.34. The number of nitrogens with one attached hydrogen (secondary N) is 1. The highest BCUT2D eigenvalue weighted by molar-refractivity contribution is 5.50. The normalized spacial score (nSPS) is 18.5. The van der Waals surface area contributed by atoms with Crippen molar-refractivity contribution in [2.75, 3.05) is 31.1 Å². The molecule has 1 fully saturated rings. The Hall–Kier alpha value is -1.34. The summed E-state index contributed by atoms with van der Waals surface area (Å²) in [5.74, 6) is -0.747. The summed E-state index contributed by atoms with van der Waals surface area (Å²) >= 11 is 0. The Labute approximate surface area is 107 Å². The molecule has 1 aromatic carbocycles. The van der Waals surface area contributed by atoms with Gasteiger partial charge in [-0.3, -0.25) is 0 Å². The lowest BCUT2D eigenvalue weighted by atomic mass is 10.1. The predicted molar refractivity (Wildman–Crippen MR) is 62.5 cm³/mol. The highest BCUT2D eigenvalue weighted by Crippen LogP contribution is 2.34. The van der Waals surface area contributed by atoms with Crippen molar-refractivity contribution < 1.29 is 22.7 Å². The molecule has 106 valence electrons. The van der Waals surface area contributed by atoms with Gasteiger partial charge in [0.1, 0.15) is 5.82 Å². The molecule has 7 heteroatoms. The van der Waals surface area contributed by atoms with Gasteiger partial charge in [0.05, 0.1) is 5.69 Å². The molecular weight excluding hydrogens is 264 g/mol. The molecule has 0 aromatic heterocycles. The zero-order valence-corrected chi connectivity index (χ0v) is 10.0. The highest BCUT2D eigenvalue weighted by Gasteiger charge is 2.39. The summed E-state index contributed by atoms with van der Waals surface area (Å²) in [6.45, 7) is 2.59. The molecule has 2 N–H and O–H groups in total. The minimum atomic E-state index is -4.79. The summed E-state index contributed by atoms with van der Waals surface area (Å²) in [6, 6.07) is 3.14. The van der Waals surface area contributed by atoms with Gasteiger partial charge in [0, 0.05) is 26.2 Å². The molecule has 3 nitrogen and oxygen atoms in total. The number of aliphatic hydroxyl groups excluding tert-OH is 1. The molecule has 0 bridgehead atoms. The molecule has 1 atom stereocenters. The summed E-state index contributed by atoms with van der Waals surface area (Å²) in [7, 11) is 0. The number of nitrogens with zero attached hydrogens (tertiary/aromatic N) is 1. The van der Waals surface area contributed by atoms with Crippen LogP contribution >= 0.6 is 0 Å². The fraction of sp³-hybridized carbons (Fsp3) is 0.500. The lowest BCUT2D eigenvalue weighted by Crippen LogP contribution is -2.43. The van der Waals surface area contributed by atoms with E-state index in [1.807, 2.05) is 0 Å². The average molecular weight is 278 g/mol. The lowest BCUT2D eigenvalue weighted by Gasteiger charge is -2.30. The van der Waals surface area contributed by atoms with Crippen LogP contribution < -0.4 is 10.2 Å². The van der Waals surface area contributed by atoms with Crippen molar-refractivity contribution in [1.82, 2.24) is 5.32 Å². The molecule has 19 heavy (non-hydrogen) atoms. The zero-order valence-electron chi connectivity index (χ0n) is 10.0. The number of piperazine rings is 1.